The van der Waals surface area contributed by atoms with Crippen molar-refractivity contribution in [1.29, 1.82) is 0 Å². The van der Waals surface area contributed by atoms with Gasteiger partial charge in [-0.1, -0.05) is 16.2 Å². The second-order valence-electron chi connectivity index (χ2n) is 0.813. The molecule has 0 aliphatic rings. The molecular formula is C3H4N2O4S. The van der Waals surface area contributed by atoms with Crippen molar-refractivity contribution in [2.24, 2.45) is 8.80 Å². The van der Waals surface area contributed by atoms with E-state index in [4.69, 9.17) is 0 Å². The van der Waals surface area contributed by atoms with Crippen LogP contribution in [0.25, 0.3) is 0 Å². The zero-order valence-electron chi connectivity index (χ0n) is 3.94. The van der Waals surface area contributed by atoms with Gasteiger partial charge in [0.25, 0.3) is 12.2 Å². The Morgan fingerprint density at radius 3 is 1.50 bits per heavy atom. The van der Waals surface area contributed by atoms with Gasteiger partial charge in [0.2, 0.25) is 0 Å². The lowest BCUT2D eigenvalue weighted by molar-refractivity contribution is 0.561. The number of hydrogen-bond acceptors (Lipinski definition) is 4. The number of rotatable bonds is 2. The predicted molar refractivity (Wildman–Crippen MR) is 31.9 cm³/mol. The predicted octanol–water partition coefficient (Wildman–Crippen LogP) is -0.461. The molecule has 0 amide bonds. The Labute approximate surface area is 57.5 Å². The van der Waals surface area contributed by atoms with E-state index in [-0.39, 0.29) is 7.43 Å². The molecule has 10 heavy (non-hydrogen) atoms. The fourth-order valence-corrected chi connectivity index (χ4v) is 0.344. The standard InChI is InChI=1S/C2N2O4S.CH4/c5-1-3-9(7,8)4-2-6;/h;1H4. The largest absolute Gasteiger partial charge is 0.383 e. The molecule has 0 spiro atoms. The molecule has 7 heteroatoms. The lowest BCUT2D eigenvalue weighted by atomic mass is 11.7. The summed E-state index contributed by atoms with van der Waals surface area (Å²) < 4.78 is 24.3. The summed E-state index contributed by atoms with van der Waals surface area (Å²) in [6, 6.07) is 0. The van der Waals surface area contributed by atoms with Gasteiger partial charge in [-0.2, -0.15) is 8.42 Å². The van der Waals surface area contributed by atoms with Crippen molar-refractivity contribution < 1.29 is 18.0 Å². The molecule has 0 N–H and O–H groups in total. The SMILES string of the molecule is C.O=C=NS(=O)(=O)N=C=O. The van der Waals surface area contributed by atoms with Gasteiger partial charge < -0.3 is 0 Å². The van der Waals surface area contributed by atoms with Crippen LogP contribution in [0.5, 0.6) is 0 Å². The van der Waals surface area contributed by atoms with Crippen molar-refractivity contribution in [3.63, 3.8) is 0 Å². The number of nitrogens with zero attached hydrogens (tertiary/aromatic N) is 2. The highest BCUT2D eigenvalue weighted by atomic mass is 32.2. The highest BCUT2D eigenvalue weighted by molar-refractivity contribution is 7.89. The van der Waals surface area contributed by atoms with Gasteiger partial charge in [-0.05, 0) is 0 Å². The van der Waals surface area contributed by atoms with Gasteiger partial charge in [0.05, 0.1) is 0 Å². The summed E-state index contributed by atoms with van der Waals surface area (Å²) in [6.07, 6.45) is 1.41. The second kappa shape index (κ2) is 4.58. The summed E-state index contributed by atoms with van der Waals surface area (Å²) in [5.41, 5.74) is 0. The van der Waals surface area contributed by atoms with Gasteiger partial charge in [-0.3, -0.25) is 0 Å². The molecular weight excluding hydrogens is 160 g/mol. The topological polar surface area (TPSA) is 93.0 Å². The maximum Gasteiger partial charge on any atom is 0.383 e. The average Bonchev–Trinajstić information content (AvgIpc) is 1.64. The van der Waals surface area contributed by atoms with E-state index in [2.05, 4.69) is 8.80 Å². The molecule has 0 aliphatic carbocycles. The molecule has 0 fully saturated rings. The molecule has 0 unspecified atom stereocenters. The van der Waals surface area contributed by atoms with Gasteiger partial charge in [0.1, 0.15) is 0 Å². The van der Waals surface area contributed by atoms with Crippen LogP contribution in [0.2, 0.25) is 0 Å². The summed E-state index contributed by atoms with van der Waals surface area (Å²) in [7, 11) is -4.28. The van der Waals surface area contributed by atoms with Gasteiger partial charge in [0, 0.05) is 0 Å². The third kappa shape index (κ3) is 4.86. The van der Waals surface area contributed by atoms with Crippen LogP contribution in [0.4, 0.5) is 0 Å². The number of carbonyl (C=O) groups excluding carboxylic acids is 2. The molecule has 6 nitrogen and oxygen atoms in total. The minimum absolute atomic E-state index is 0. The molecule has 0 rings (SSSR count). The van der Waals surface area contributed by atoms with Gasteiger partial charge in [0.15, 0.2) is 0 Å². The fourth-order valence-electron chi connectivity index (χ4n) is 0.115. The number of hydrogen-bond donors (Lipinski definition) is 0. The highest BCUT2D eigenvalue weighted by Crippen LogP contribution is 1.87. The molecule has 0 saturated carbocycles. The first-order valence-corrected chi connectivity index (χ1v) is 2.95. The zero-order valence-corrected chi connectivity index (χ0v) is 4.75. The van der Waals surface area contributed by atoms with Crippen LogP contribution in [0.1, 0.15) is 7.43 Å². The Bertz CT molecular complexity index is 256. The molecule has 0 radical (unpaired) electrons. The van der Waals surface area contributed by atoms with E-state index >= 15 is 0 Å². The summed E-state index contributed by atoms with van der Waals surface area (Å²) in [4.78, 5) is 18.5. The summed E-state index contributed by atoms with van der Waals surface area (Å²) in [5, 5.41) is 0. The molecule has 0 aromatic carbocycles. The van der Waals surface area contributed by atoms with Gasteiger partial charge >= 0.3 is 10.2 Å². The smallest absolute Gasteiger partial charge is 0.210 e. The average molecular weight is 164 g/mol. The number of isocyanates is 2. The van der Waals surface area contributed by atoms with Crippen molar-refractivity contribution in [3.05, 3.63) is 0 Å². The van der Waals surface area contributed by atoms with E-state index in [1.54, 1.807) is 0 Å². The summed E-state index contributed by atoms with van der Waals surface area (Å²) >= 11 is 0. The van der Waals surface area contributed by atoms with Crippen LogP contribution in [-0.2, 0) is 19.8 Å². The zero-order chi connectivity index (χ0) is 7.33. The van der Waals surface area contributed by atoms with E-state index < -0.39 is 10.2 Å². The molecule has 0 heterocycles. The van der Waals surface area contributed by atoms with Crippen LogP contribution >= 0.6 is 0 Å². The first kappa shape index (κ1) is 11.5. The quantitative estimate of drug-likeness (QED) is 0.407. The molecule has 0 aromatic rings. The lowest BCUT2D eigenvalue weighted by Crippen LogP contribution is -1.86. The first-order chi connectivity index (χ1) is 4.12. The molecule has 0 bridgehead atoms. The summed E-state index contributed by atoms with van der Waals surface area (Å²) in [5.74, 6) is 0. The van der Waals surface area contributed by atoms with E-state index in [1.165, 1.54) is 0 Å². The third-order valence-corrected chi connectivity index (χ3v) is 0.916. The fraction of sp³-hybridized carbons (Fsp3) is 0.333. The van der Waals surface area contributed by atoms with Crippen molar-refractivity contribution in [1.82, 2.24) is 0 Å². The highest BCUT2D eigenvalue weighted by Gasteiger charge is 2.00. The van der Waals surface area contributed by atoms with Crippen LogP contribution in [0, 0.1) is 0 Å². The van der Waals surface area contributed by atoms with Crippen LogP contribution < -0.4 is 0 Å². The molecule has 0 aromatic heterocycles. The maximum absolute atomic E-state index is 9.97. The Hall–Kier alpha value is -1.29. The second-order valence-corrected chi connectivity index (χ2v) is 2.07. The Morgan fingerprint density at radius 1 is 1.00 bits per heavy atom. The first-order valence-electron chi connectivity index (χ1n) is 1.55. The van der Waals surface area contributed by atoms with Gasteiger partial charge in [-0.25, -0.2) is 9.59 Å². The van der Waals surface area contributed by atoms with Crippen molar-refractivity contribution in [3.8, 4) is 0 Å². The Balaban J connectivity index is 0. The molecule has 0 saturated heterocycles. The lowest BCUT2D eigenvalue weighted by Gasteiger charge is -1.72. The molecule has 56 valence electrons. The monoisotopic (exact) mass is 164 g/mol. The van der Waals surface area contributed by atoms with Crippen molar-refractivity contribution in [2.45, 2.75) is 7.43 Å². The molecule has 0 atom stereocenters. The van der Waals surface area contributed by atoms with E-state index in [0.29, 0.717) is 12.2 Å². The minimum Gasteiger partial charge on any atom is -0.210 e. The van der Waals surface area contributed by atoms with Crippen LogP contribution in [-0.4, -0.2) is 20.6 Å². The van der Waals surface area contributed by atoms with Crippen molar-refractivity contribution in [2.75, 3.05) is 0 Å². The Kier molecular flexibility index (Phi) is 5.26. The Morgan fingerprint density at radius 2 is 1.30 bits per heavy atom. The van der Waals surface area contributed by atoms with E-state index in [1.807, 2.05) is 0 Å². The normalized spacial score (nSPS) is 8.00. The van der Waals surface area contributed by atoms with Crippen molar-refractivity contribution >= 4 is 22.4 Å². The molecule has 0 aliphatic heterocycles. The van der Waals surface area contributed by atoms with Crippen LogP contribution in [0.15, 0.2) is 8.80 Å². The van der Waals surface area contributed by atoms with Crippen LogP contribution in [0.3, 0.4) is 0 Å². The van der Waals surface area contributed by atoms with Gasteiger partial charge in [-0.15, -0.1) is 0 Å². The minimum atomic E-state index is -4.28. The summed E-state index contributed by atoms with van der Waals surface area (Å²) in [6.45, 7) is 0. The van der Waals surface area contributed by atoms with E-state index in [0.717, 1.165) is 0 Å². The third-order valence-electron chi connectivity index (χ3n) is 0.305. The maximum atomic E-state index is 9.97. The van der Waals surface area contributed by atoms with E-state index in [9.17, 15) is 18.0 Å².